The molecule has 0 radical (unpaired) electrons. The van der Waals surface area contributed by atoms with E-state index in [0.717, 1.165) is 11.0 Å². The Kier molecular flexibility index (Phi) is 6.08. The van der Waals surface area contributed by atoms with Crippen LogP contribution in [0.4, 0.5) is 24.5 Å². The van der Waals surface area contributed by atoms with Crippen molar-refractivity contribution in [2.24, 2.45) is 0 Å². The zero-order valence-electron chi connectivity index (χ0n) is 14.0. The molecule has 9 heteroatoms. The molecule has 0 heterocycles. The van der Waals surface area contributed by atoms with Gasteiger partial charge >= 0.3 is 6.18 Å². The van der Waals surface area contributed by atoms with Crippen molar-refractivity contribution in [3.63, 3.8) is 0 Å². The molecule has 0 aliphatic rings. The summed E-state index contributed by atoms with van der Waals surface area (Å²) in [5, 5.41) is 11.0. The largest absolute Gasteiger partial charge is 0.417 e. The Balaban J connectivity index is 2.23. The van der Waals surface area contributed by atoms with E-state index >= 15 is 0 Å². The number of carbonyl (C=O) groups is 2. The first kappa shape index (κ1) is 20.3. The second kappa shape index (κ2) is 8.10. The molecular formula is C18H13ClF3N3O2. The van der Waals surface area contributed by atoms with E-state index in [0.29, 0.717) is 6.07 Å². The maximum atomic E-state index is 12.9. The molecule has 1 N–H and O–H groups in total. The molecule has 0 atom stereocenters. The van der Waals surface area contributed by atoms with Crippen molar-refractivity contribution in [2.45, 2.75) is 13.1 Å². The monoisotopic (exact) mass is 395 g/mol. The van der Waals surface area contributed by atoms with Gasteiger partial charge in [0.25, 0.3) is 0 Å². The number of nitrogens with zero attached hydrogens (tertiary/aromatic N) is 2. The topological polar surface area (TPSA) is 73.2 Å². The lowest BCUT2D eigenvalue weighted by molar-refractivity contribution is -0.137. The summed E-state index contributed by atoms with van der Waals surface area (Å²) in [6.45, 7) is 0.740. The standard InChI is InChI=1S/C18H13ClF3N3O2/c1-11(26)25(16-5-3-2-4-12(16)9-23)10-17(27)24-13-6-7-15(19)14(8-13)18(20,21)22/h2-8H,10H2,1H3,(H,24,27). The van der Waals surface area contributed by atoms with Gasteiger partial charge in [-0.3, -0.25) is 9.59 Å². The quantitative estimate of drug-likeness (QED) is 0.842. The highest BCUT2D eigenvalue weighted by Crippen LogP contribution is 2.36. The molecule has 27 heavy (non-hydrogen) atoms. The second-order valence-electron chi connectivity index (χ2n) is 5.47. The molecule has 2 aromatic carbocycles. The van der Waals surface area contributed by atoms with Crippen LogP contribution in [0.5, 0.6) is 0 Å². The van der Waals surface area contributed by atoms with E-state index in [1.54, 1.807) is 12.1 Å². The van der Waals surface area contributed by atoms with Gasteiger partial charge in [-0.15, -0.1) is 0 Å². The van der Waals surface area contributed by atoms with Crippen molar-refractivity contribution in [3.8, 4) is 6.07 Å². The van der Waals surface area contributed by atoms with E-state index in [1.807, 2.05) is 6.07 Å². The first-order chi connectivity index (χ1) is 12.6. The molecule has 2 amide bonds. The number of alkyl halides is 3. The summed E-state index contributed by atoms with van der Waals surface area (Å²) in [6, 6.07) is 11.1. The molecule has 2 rings (SSSR count). The minimum absolute atomic E-state index is 0.117. The van der Waals surface area contributed by atoms with Crippen LogP contribution in [0.1, 0.15) is 18.1 Å². The third kappa shape index (κ3) is 4.99. The smallest absolute Gasteiger partial charge is 0.325 e. The molecule has 0 spiro atoms. The molecule has 0 aliphatic carbocycles. The number of benzene rings is 2. The molecule has 140 valence electrons. The molecule has 0 saturated carbocycles. The Labute approximate surface area is 158 Å². The number of hydrogen-bond donors (Lipinski definition) is 1. The van der Waals surface area contributed by atoms with Crippen molar-refractivity contribution in [1.82, 2.24) is 0 Å². The fourth-order valence-electron chi connectivity index (χ4n) is 2.33. The number of nitriles is 1. The van der Waals surface area contributed by atoms with E-state index in [4.69, 9.17) is 16.9 Å². The summed E-state index contributed by atoms with van der Waals surface area (Å²) in [7, 11) is 0. The molecule has 5 nitrogen and oxygen atoms in total. The van der Waals surface area contributed by atoms with Crippen LogP contribution in [-0.4, -0.2) is 18.4 Å². The maximum absolute atomic E-state index is 12.9. The predicted molar refractivity (Wildman–Crippen MR) is 94.3 cm³/mol. The molecule has 0 fully saturated rings. The summed E-state index contributed by atoms with van der Waals surface area (Å²) in [5.74, 6) is -1.23. The van der Waals surface area contributed by atoms with Gasteiger partial charge in [0.2, 0.25) is 11.8 Å². The molecule has 0 bridgehead atoms. The van der Waals surface area contributed by atoms with Gasteiger partial charge < -0.3 is 10.2 Å². The van der Waals surface area contributed by atoms with E-state index in [-0.39, 0.29) is 16.9 Å². The molecule has 2 aromatic rings. The minimum atomic E-state index is -4.67. The number of carbonyl (C=O) groups excluding carboxylic acids is 2. The van der Waals surface area contributed by atoms with Crippen LogP contribution in [0.2, 0.25) is 5.02 Å². The predicted octanol–water partition coefficient (Wildman–Crippen LogP) is 4.22. The Morgan fingerprint density at radius 2 is 1.89 bits per heavy atom. The molecule has 0 unspecified atom stereocenters. The SMILES string of the molecule is CC(=O)N(CC(=O)Nc1ccc(Cl)c(C(F)(F)F)c1)c1ccccc1C#N. The number of rotatable bonds is 4. The van der Waals surface area contributed by atoms with Gasteiger partial charge in [0.15, 0.2) is 0 Å². The van der Waals surface area contributed by atoms with Crippen LogP contribution in [-0.2, 0) is 15.8 Å². The number of para-hydroxylation sites is 1. The van der Waals surface area contributed by atoms with Crippen molar-refractivity contribution >= 4 is 34.8 Å². The highest BCUT2D eigenvalue weighted by molar-refractivity contribution is 6.31. The zero-order chi connectivity index (χ0) is 20.2. The van der Waals surface area contributed by atoms with Gasteiger partial charge in [0, 0.05) is 12.6 Å². The first-order valence-electron chi connectivity index (χ1n) is 7.57. The third-order valence-electron chi connectivity index (χ3n) is 3.55. The molecule has 0 saturated heterocycles. The van der Waals surface area contributed by atoms with Crippen molar-refractivity contribution in [3.05, 3.63) is 58.6 Å². The molecular weight excluding hydrogens is 383 g/mol. The summed E-state index contributed by atoms with van der Waals surface area (Å²) < 4.78 is 38.7. The van der Waals surface area contributed by atoms with Crippen molar-refractivity contribution < 1.29 is 22.8 Å². The van der Waals surface area contributed by atoms with Gasteiger partial charge in [-0.05, 0) is 30.3 Å². The molecule has 0 aliphatic heterocycles. The molecule has 0 aromatic heterocycles. The summed E-state index contributed by atoms with van der Waals surface area (Å²) in [4.78, 5) is 25.2. The fourth-order valence-corrected chi connectivity index (χ4v) is 2.56. The van der Waals surface area contributed by atoms with Crippen LogP contribution in [0.25, 0.3) is 0 Å². The maximum Gasteiger partial charge on any atom is 0.417 e. The van der Waals surface area contributed by atoms with Crippen molar-refractivity contribution in [1.29, 1.82) is 5.26 Å². The van der Waals surface area contributed by atoms with Crippen LogP contribution in [0, 0.1) is 11.3 Å². The number of hydrogen-bond acceptors (Lipinski definition) is 3. The van der Waals surface area contributed by atoms with Crippen LogP contribution >= 0.6 is 11.6 Å². The average molecular weight is 396 g/mol. The van der Waals surface area contributed by atoms with Gasteiger partial charge in [0.05, 0.1) is 21.8 Å². The Bertz CT molecular complexity index is 923. The average Bonchev–Trinajstić information content (AvgIpc) is 2.60. The van der Waals surface area contributed by atoms with Crippen LogP contribution in [0.15, 0.2) is 42.5 Å². The highest BCUT2D eigenvalue weighted by atomic mass is 35.5. The lowest BCUT2D eigenvalue weighted by Crippen LogP contribution is -2.37. The lowest BCUT2D eigenvalue weighted by atomic mass is 10.1. The Morgan fingerprint density at radius 1 is 1.22 bits per heavy atom. The second-order valence-corrected chi connectivity index (χ2v) is 5.88. The van der Waals surface area contributed by atoms with E-state index in [9.17, 15) is 22.8 Å². The summed E-state index contributed by atoms with van der Waals surface area (Å²) in [5.41, 5.74) is -0.782. The van der Waals surface area contributed by atoms with Gasteiger partial charge in [-0.1, -0.05) is 23.7 Å². The number of amides is 2. The lowest BCUT2D eigenvalue weighted by Gasteiger charge is -2.22. The Hall–Kier alpha value is -3.05. The number of nitrogens with one attached hydrogen (secondary N) is 1. The zero-order valence-corrected chi connectivity index (χ0v) is 14.7. The van der Waals surface area contributed by atoms with Crippen LogP contribution < -0.4 is 10.2 Å². The van der Waals surface area contributed by atoms with E-state index in [2.05, 4.69) is 5.32 Å². The van der Waals surface area contributed by atoms with Crippen LogP contribution in [0.3, 0.4) is 0 Å². The van der Waals surface area contributed by atoms with Gasteiger partial charge in [-0.25, -0.2) is 0 Å². The van der Waals surface area contributed by atoms with E-state index in [1.165, 1.54) is 25.1 Å². The van der Waals surface area contributed by atoms with Gasteiger partial charge in [0.1, 0.15) is 12.6 Å². The Morgan fingerprint density at radius 3 is 2.48 bits per heavy atom. The fraction of sp³-hybridized carbons (Fsp3) is 0.167. The third-order valence-corrected chi connectivity index (χ3v) is 3.88. The first-order valence-corrected chi connectivity index (χ1v) is 7.95. The number of anilines is 2. The van der Waals surface area contributed by atoms with Crippen molar-refractivity contribution in [2.75, 3.05) is 16.8 Å². The van der Waals surface area contributed by atoms with E-state index < -0.39 is 35.1 Å². The summed E-state index contributed by atoms with van der Waals surface area (Å²) >= 11 is 5.54. The van der Waals surface area contributed by atoms with Gasteiger partial charge in [-0.2, -0.15) is 18.4 Å². The normalized spacial score (nSPS) is 10.8. The minimum Gasteiger partial charge on any atom is -0.325 e. The summed E-state index contributed by atoms with van der Waals surface area (Å²) in [6.07, 6.45) is -4.67. The number of halogens is 4. The highest BCUT2D eigenvalue weighted by Gasteiger charge is 2.33.